The Morgan fingerprint density at radius 2 is 1.59 bits per heavy atom. The van der Waals surface area contributed by atoms with Crippen molar-refractivity contribution < 1.29 is 9.90 Å². The Balaban J connectivity index is 2.16. The molecule has 0 saturated heterocycles. The second-order valence-corrected chi connectivity index (χ2v) is 5.34. The van der Waals surface area contributed by atoms with Gasteiger partial charge in [-0.15, -0.1) is 0 Å². The van der Waals surface area contributed by atoms with Crippen LogP contribution in [0.15, 0.2) is 54.6 Å². The van der Waals surface area contributed by atoms with E-state index in [4.69, 9.17) is 0 Å². The van der Waals surface area contributed by atoms with Crippen molar-refractivity contribution in [2.75, 3.05) is 18.0 Å². The van der Waals surface area contributed by atoms with E-state index in [1.807, 2.05) is 42.5 Å². The topological polar surface area (TPSA) is 40.5 Å². The van der Waals surface area contributed by atoms with Crippen LogP contribution in [0.5, 0.6) is 0 Å². The Kier molecular flexibility index (Phi) is 5.59. The normalized spacial score (nSPS) is 11.9. The van der Waals surface area contributed by atoms with Crippen LogP contribution in [-0.4, -0.2) is 24.2 Å². The monoisotopic (exact) mass is 297 g/mol. The number of benzene rings is 2. The van der Waals surface area contributed by atoms with Crippen LogP contribution in [0.1, 0.15) is 30.9 Å². The fourth-order valence-corrected chi connectivity index (χ4v) is 2.70. The number of carboxylic acid groups (broad SMARTS) is 1. The summed E-state index contributed by atoms with van der Waals surface area (Å²) in [6, 6.07) is 17.6. The summed E-state index contributed by atoms with van der Waals surface area (Å²) in [5.74, 6) is -1.28. The smallest absolute Gasteiger partial charge is 0.311 e. The number of hydrogen-bond acceptors (Lipinski definition) is 2. The molecule has 0 bridgehead atoms. The van der Waals surface area contributed by atoms with Gasteiger partial charge in [-0.3, -0.25) is 4.79 Å². The first-order valence-corrected chi connectivity index (χ1v) is 7.77. The summed E-state index contributed by atoms with van der Waals surface area (Å²) in [5, 5.41) is 9.50. The Labute approximate surface area is 132 Å². The summed E-state index contributed by atoms with van der Waals surface area (Å²) in [5.41, 5.74) is 3.08. The fraction of sp³-hybridized carbons (Fsp3) is 0.316. The van der Waals surface area contributed by atoms with E-state index in [9.17, 15) is 9.90 Å². The molecule has 0 aliphatic rings. The fourth-order valence-electron chi connectivity index (χ4n) is 2.70. The molecule has 1 atom stereocenters. The van der Waals surface area contributed by atoms with Crippen LogP contribution >= 0.6 is 0 Å². The molecular weight excluding hydrogens is 274 g/mol. The van der Waals surface area contributed by atoms with Gasteiger partial charge in [0.2, 0.25) is 0 Å². The SMILES string of the molecule is CCN(CC)c1ccc(CC(C(=O)O)c2ccccc2)cc1. The number of aliphatic carboxylic acids is 1. The maximum absolute atomic E-state index is 11.6. The van der Waals surface area contributed by atoms with E-state index in [1.54, 1.807) is 0 Å². The highest BCUT2D eigenvalue weighted by Crippen LogP contribution is 2.23. The average molecular weight is 297 g/mol. The van der Waals surface area contributed by atoms with Gasteiger partial charge in [0, 0.05) is 18.8 Å². The number of hydrogen-bond donors (Lipinski definition) is 1. The summed E-state index contributed by atoms with van der Waals surface area (Å²) < 4.78 is 0. The van der Waals surface area contributed by atoms with E-state index in [2.05, 4.69) is 30.9 Å². The van der Waals surface area contributed by atoms with E-state index in [1.165, 1.54) is 5.69 Å². The Morgan fingerprint density at radius 1 is 1.00 bits per heavy atom. The molecule has 2 rings (SSSR count). The minimum atomic E-state index is -0.779. The van der Waals surface area contributed by atoms with Gasteiger partial charge in [0.05, 0.1) is 5.92 Å². The lowest BCUT2D eigenvalue weighted by Crippen LogP contribution is -2.21. The van der Waals surface area contributed by atoms with Crippen LogP contribution in [-0.2, 0) is 11.2 Å². The van der Waals surface area contributed by atoms with E-state index >= 15 is 0 Å². The van der Waals surface area contributed by atoms with Crippen molar-refractivity contribution in [3.63, 3.8) is 0 Å². The molecule has 0 radical (unpaired) electrons. The number of nitrogens with zero attached hydrogens (tertiary/aromatic N) is 1. The highest BCUT2D eigenvalue weighted by atomic mass is 16.4. The first-order valence-electron chi connectivity index (χ1n) is 7.77. The Hall–Kier alpha value is -2.29. The van der Waals surface area contributed by atoms with Crippen molar-refractivity contribution in [1.82, 2.24) is 0 Å². The zero-order chi connectivity index (χ0) is 15.9. The van der Waals surface area contributed by atoms with E-state index in [0.717, 1.165) is 24.2 Å². The second-order valence-electron chi connectivity index (χ2n) is 5.34. The second kappa shape index (κ2) is 7.64. The molecule has 1 N–H and O–H groups in total. The summed E-state index contributed by atoms with van der Waals surface area (Å²) in [4.78, 5) is 13.8. The molecule has 0 aliphatic carbocycles. The third-order valence-electron chi connectivity index (χ3n) is 4.00. The van der Waals surface area contributed by atoms with Crippen LogP contribution < -0.4 is 4.90 Å². The molecule has 0 aliphatic heterocycles. The minimum absolute atomic E-state index is 0.500. The lowest BCUT2D eigenvalue weighted by Gasteiger charge is -2.21. The maximum atomic E-state index is 11.6. The van der Waals surface area contributed by atoms with Crippen molar-refractivity contribution in [3.05, 3.63) is 65.7 Å². The van der Waals surface area contributed by atoms with Crippen LogP contribution in [0.2, 0.25) is 0 Å². The Morgan fingerprint density at radius 3 is 2.09 bits per heavy atom. The van der Waals surface area contributed by atoms with Crippen LogP contribution in [0.25, 0.3) is 0 Å². The molecule has 0 spiro atoms. The molecule has 2 aromatic carbocycles. The molecule has 0 aromatic heterocycles. The lowest BCUT2D eigenvalue weighted by molar-refractivity contribution is -0.138. The molecule has 2 aromatic rings. The quantitative estimate of drug-likeness (QED) is 0.841. The van der Waals surface area contributed by atoms with Gasteiger partial charge in [0.25, 0.3) is 0 Å². The zero-order valence-corrected chi connectivity index (χ0v) is 13.2. The predicted octanol–water partition coefficient (Wildman–Crippen LogP) is 3.94. The molecule has 3 heteroatoms. The standard InChI is InChI=1S/C19H23NO2/c1-3-20(4-2)17-12-10-15(11-13-17)14-18(19(21)22)16-8-6-5-7-9-16/h5-13,18H,3-4,14H2,1-2H3,(H,21,22). The third-order valence-corrected chi connectivity index (χ3v) is 4.00. The number of carbonyl (C=O) groups is 1. The zero-order valence-electron chi connectivity index (χ0n) is 13.2. The first kappa shape index (κ1) is 16.1. The first-order chi connectivity index (χ1) is 10.7. The number of anilines is 1. The lowest BCUT2D eigenvalue weighted by atomic mass is 9.92. The van der Waals surface area contributed by atoms with Crippen LogP contribution in [0, 0.1) is 0 Å². The van der Waals surface area contributed by atoms with Gasteiger partial charge in [0.15, 0.2) is 0 Å². The highest BCUT2D eigenvalue weighted by Gasteiger charge is 2.20. The molecule has 116 valence electrons. The molecule has 1 unspecified atom stereocenters. The molecule has 0 saturated carbocycles. The number of rotatable bonds is 7. The molecule has 0 amide bonds. The average Bonchev–Trinajstić information content (AvgIpc) is 2.55. The Bertz CT molecular complexity index is 589. The highest BCUT2D eigenvalue weighted by molar-refractivity contribution is 5.76. The van der Waals surface area contributed by atoms with Crippen molar-refractivity contribution in [2.24, 2.45) is 0 Å². The predicted molar refractivity (Wildman–Crippen MR) is 90.5 cm³/mol. The summed E-state index contributed by atoms with van der Waals surface area (Å²) in [6.07, 6.45) is 0.512. The summed E-state index contributed by atoms with van der Waals surface area (Å²) >= 11 is 0. The van der Waals surface area contributed by atoms with Crippen molar-refractivity contribution >= 4 is 11.7 Å². The van der Waals surface area contributed by atoms with Gasteiger partial charge in [-0.05, 0) is 43.5 Å². The minimum Gasteiger partial charge on any atom is -0.481 e. The van der Waals surface area contributed by atoms with Gasteiger partial charge in [0.1, 0.15) is 0 Å². The largest absolute Gasteiger partial charge is 0.481 e. The maximum Gasteiger partial charge on any atom is 0.311 e. The van der Waals surface area contributed by atoms with E-state index in [-0.39, 0.29) is 0 Å². The number of carboxylic acids is 1. The van der Waals surface area contributed by atoms with Crippen LogP contribution in [0.4, 0.5) is 5.69 Å². The van der Waals surface area contributed by atoms with E-state index in [0.29, 0.717) is 6.42 Å². The van der Waals surface area contributed by atoms with Crippen LogP contribution in [0.3, 0.4) is 0 Å². The molecule has 0 heterocycles. The van der Waals surface area contributed by atoms with Gasteiger partial charge < -0.3 is 10.0 Å². The van der Waals surface area contributed by atoms with Gasteiger partial charge in [-0.2, -0.15) is 0 Å². The third kappa shape index (κ3) is 3.88. The van der Waals surface area contributed by atoms with Crippen molar-refractivity contribution in [1.29, 1.82) is 0 Å². The molecule has 22 heavy (non-hydrogen) atoms. The molecule has 0 fully saturated rings. The summed E-state index contributed by atoms with van der Waals surface area (Å²) in [7, 11) is 0. The molecule has 3 nitrogen and oxygen atoms in total. The van der Waals surface area contributed by atoms with Gasteiger partial charge in [-0.25, -0.2) is 0 Å². The molecular formula is C19H23NO2. The summed E-state index contributed by atoms with van der Waals surface area (Å²) in [6.45, 7) is 6.20. The van der Waals surface area contributed by atoms with Crippen molar-refractivity contribution in [2.45, 2.75) is 26.2 Å². The van der Waals surface area contributed by atoms with Crippen molar-refractivity contribution in [3.8, 4) is 0 Å². The van der Waals surface area contributed by atoms with E-state index < -0.39 is 11.9 Å². The van der Waals surface area contributed by atoms with Gasteiger partial charge in [-0.1, -0.05) is 42.5 Å². The van der Waals surface area contributed by atoms with Gasteiger partial charge >= 0.3 is 5.97 Å².